The molecule has 0 radical (unpaired) electrons. The van der Waals surface area contributed by atoms with Crippen LogP contribution in [0.15, 0.2) is 24.2 Å². The summed E-state index contributed by atoms with van der Waals surface area (Å²) in [6.07, 6.45) is 7.96. The Morgan fingerprint density at radius 3 is 3.27 bits per heavy atom. The molecule has 2 rings (SSSR count). The molecule has 4 nitrogen and oxygen atoms in total. The summed E-state index contributed by atoms with van der Waals surface area (Å²) in [5.74, 6) is 0. The number of rotatable bonds is 5. The Labute approximate surface area is 89.7 Å². The van der Waals surface area contributed by atoms with Crippen LogP contribution in [0.25, 0.3) is 0 Å². The normalized spacial score (nSPS) is 16.4. The number of hydrogen-bond donors (Lipinski definition) is 2. The second-order valence-corrected chi connectivity index (χ2v) is 3.69. The van der Waals surface area contributed by atoms with Gasteiger partial charge in [0, 0.05) is 18.4 Å². The molecule has 0 saturated carbocycles. The highest BCUT2D eigenvalue weighted by atomic mass is 16.5. The smallest absolute Gasteiger partial charge is 0.0922 e. The summed E-state index contributed by atoms with van der Waals surface area (Å²) in [6, 6.07) is 0. The first-order valence-electron chi connectivity index (χ1n) is 5.39. The molecule has 1 aromatic heterocycles. The molecule has 2 N–H and O–H groups in total. The fourth-order valence-corrected chi connectivity index (χ4v) is 1.65. The van der Waals surface area contributed by atoms with Crippen molar-refractivity contribution in [3.8, 4) is 0 Å². The Bertz CT molecular complexity index is 306. The zero-order valence-corrected chi connectivity index (χ0v) is 8.83. The van der Waals surface area contributed by atoms with Crippen molar-refractivity contribution in [2.24, 2.45) is 0 Å². The monoisotopic (exact) mass is 207 g/mol. The number of aromatic amines is 1. The summed E-state index contributed by atoms with van der Waals surface area (Å²) in [7, 11) is 0. The molecular formula is C11H17N3O. The molecule has 0 aromatic carbocycles. The quantitative estimate of drug-likeness (QED) is 0.564. The van der Waals surface area contributed by atoms with Crippen molar-refractivity contribution >= 4 is 0 Å². The molecule has 1 aliphatic rings. The van der Waals surface area contributed by atoms with Crippen LogP contribution in [-0.4, -0.2) is 29.7 Å². The first kappa shape index (κ1) is 10.4. The molecule has 2 heterocycles. The molecule has 0 spiro atoms. The highest BCUT2D eigenvalue weighted by molar-refractivity contribution is 5.05. The van der Waals surface area contributed by atoms with Gasteiger partial charge in [0.25, 0.3) is 0 Å². The van der Waals surface area contributed by atoms with Gasteiger partial charge in [0.2, 0.25) is 0 Å². The van der Waals surface area contributed by atoms with E-state index in [1.807, 2.05) is 6.20 Å². The van der Waals surface area contributed by atoms with Gasteiger partial charge in [-0.1, -0.05) is 11.6 Å². The summed E-state index contributed by atoms with van der Waals surface area (Å²) < 4.78 is 5.25. The van der Waals surface area contributed by atoms with Crippen LogP contribution in [0.5, 0.6) is 0 Å². The first-order chi connectivity index (χ1) is 7.45. The van der Waals surface area contributed by atoms with E-state index >= 15 is 0 Å². The largest absolute Gasteiger partial charge is 0.377 e. The number of ether oxygens (including phenoxy) is 1. The van der Waals surface area contributed by atoms with Gasteiger partial charge in [0.1, 0.15) is 0 Å². The number of nitrogens with zero attached hydrogens (tertiary/aromatic N) is 1. The van der Waals surface area contributed by atoms with Crippen molar-refractivity contribution in [3.05, 3.63) is 29.9 Å². The molecule has 1 aliphatic heterocycles. The zero-order chi connectivity index (χ0) is 10.3. The lowest BCUT2D eigenvalue weighted by atomic mass is 10.1. The van der Waals surface area contributed by atoms with Gasteiger partial charge in [0.15, 0.2) is 0 Å². The number of nitrogens with one attached hydrogen (secondary N) is 2. The Morgan fingerprint density at radius 2 is 2.53 bits per heavy atom. The van der Waals surface area contributed by atoms with Gasteiger partial charge in [-0.2, -0.15) is 0 Å². The van der Waals surface area contributed by atoms with Gasteiger partial charge in [-0.25, -0.2) is 4.98 Å². The average Bonchev–Trinajstić information content (AvgIpc) is 2.79. The van der Waals surface area contributed by atoms with Crippen LogP contribution in [0.1, 0.15) is 18.5 Å². The van der Waals surface area contributed by atoms with Gasteiger partial charge in [0.05, 0.1) is 19.5 Å². The van der Waals surface area contributed by atoms with E-state index in [2.05, 4.69) is 21.4 Å². The highest BCUT2D eigenvalue weighted by Gasteiger charge is 2.02. The fraction of sp³-hybridized carbons (Fsp3) is 0.545. The van der Waals surface area contributed by atoms with Gasteiger partial charge in [-0.05, 0) is 19.4 Å². The third kappa shape index (κ3) is 3.49. The molecule has 0 fully saturated rings. The van der Waals surface area contributed by atoms with Crippen molar-refractivity contribution in [2.75, 3.05) is 19.8 Å². The molecule has 0 bridgehead atoms. The van der Waals surface area contributed by atoms with E-state index in [0.717, 1.165) is 44.8 Å². The minimum absolute atomic E-state index is 0.788. The van der Waals surface area contributed by atoms with E-state index in [4.69, 9.17) is 4.74 Å². The van der Waals surface area contributed by atoms with Crippen LogP contribution in [0.2, 0.25) is 0 Å². The van der Waals surface area contributed by atoms with Crippen LogP contribution in [-0.2, 0) is 11.3 Å². The van der Waals surface area contributed by atoms with Crippen molar-refractivity contribution in [1.29, 1.82) is 0 Å². The molecule has 0 amide bonds. The van der Waals surface area contributed by atoms with E-state index in [1.165, 1.54) is 5.57 Å². The van der Waals surface area contributed by atoms with Gasteiger partial charge < -0.3 is 15.0 Å². The van der Waals surface area contributed by atoms with Crippen LogP contribution >= 0.6 is 0 Å². The Hall–Kier alpha value is -1.13. The molecule has 0 unspecified atom stereocenters. The van der Waals surface area contributed by atoms with E-state index in [0.29, 0.717) is 0 Å². The lowest BCUT2D eigenvalue weighted by Crippen LogP contribution is -2.16. The number of aromatic nitrogens is 2. The topological polar surface area (TPSA) is 49.9 Å². The molecular weight excluding hydrogens is 190 g/mol. The molecule has 82 valence electrons. The Balaban J connectivity index is 1.60. The SMILES string of the molecule is C1=C(CCNCc2cnc[nH]2)CCOC1. The Kier molecular flexibility index (Phi) is 3.93. The van der Waals surface area contributed by atoms with Gasteiger partial charge in [-0.15, -0.1) is 0 Å². The van der Waals surface area contributed by atoms with E-state index in [-0.39, 0.29) is 0 Å². The number of imidazole rings is 1. The summed E-state index contributed by atoms with van der Waals surface area (Å²) in [5.41, 5.74) is 2.65. The van der Waals surface area contributed by atoms with Crippen molar-refractivity contribution < 1.29 is 4.74 Å². The summed E-state index contributed by atoms with van der Waals surface area (Å²) in [4.78, 5) is 7.03. The highest BCUT2D eigenvalue weighted by Crippen LogP contribution is 2.10. The Morgan fingerprint density at radius 1 is 1.53 bits per heavy atom. The first-order valence-corrected chi connectivity index (χ1v) is 5.39. The third-order valence-electron chi connectivity index (χ3n) is 2.55. The summed E-state index contributed by atoms with van der Waals surface area (Å²) >= 11 is 0. The van der Waals surface area contributed by atoms with Crippen LogP contribution in [0.3, 0.4) is 0 Å². The number of H-pyrrole nitrogens is 1. The minimum Gasteiger partial charge on any atom is -0.377 e. The van der Waals surface area contributed by atoms with Gasteiger partial charge in [-0.3, -0.25) is 0 Å². The molecule has 0 aliphatic carbocycles. The lowest BCUT2D eigenvalue weighted by Gasteiger charge is -2.13. The van der Waals surface area contributed by atoms with Crippen LogP contribution in [0.4, 0.5) is 0 Å². The lowest BCUT2D eigenvalue weighted by molar-refractivity contribution is 0.153. The van der Waals surface area contributed by atoms with Crippen molar-refractivity contribution in [3.63, 3.8) is 0 Å². The zero-order valence-electron chi connectivity index (χ0n) is 8.83. The molecule has 0 atom stereocenters. The predicted molar refractivity (Wildman–Crippen MR) is 58.4 cm³/mol. The van der Waals surface area contributed by atoms with E-state index in [1.54, 1.807) is 6.33 Å². The second-order valence-electron chi connectivity index (χ2n) is 3.69. The second kappa shape index (κ2) is 5.68. The maximum atomic E-state index is 5.25. The van der Waals surface area contributed by atoms with Gasteiger partial charge >= 0.3 is 0 Å². The maximum Gasteiger partial charge on any atom is 0.0922 e. The standard InChI is InChI=1S/C11H17N3O/c1(10-2-5-15-6-3-10)4-12-7-11-8-13-9-14-11/h2,8-9,12H,1,3-7H2,(H,13,14). The van der Waals surface area contributed by atoms with Crippen molar-refractivity contribution in [2.45, 2.75) is 19.4 Å². The van der Waals surface area contributed by atoms with Crippen LogP contribution in [0, 0.1) is 0 Å². The minimum atomic E-state index is 0.788. The summed E-state index contributed by atoms with van der Waals surface area (Å²) in [6.45, 7) is 3.55. The predicted octanol–water partition coefficient (Wildman–Crippen LogP) is 1.24. The molecule has 0 saturated heterocycles. The van der Waals surface area contributed by atoms with Crippen LogP contribution < -0.4 is 5.32 Å². The molecule has 1 aromatic rings. The third-order valence-corrected chi connectivity index (χ3v) is 2.55. The average molecular weight is 207 g/mol. The van der Waals surface area contributed by atoms with Crippen molar-refractivity contribution in [1.82, 2.24) is 15.3 Å². The molecule has 4 heteroatoms. The fourth-order valence-electron chi connectivity index (χ4n) is 1.65. The van der Waals surface area contributed by atoms with E-state index < -0.39 is 0 Å². The summed E-state index contributed by atoms with van der Waals surface area (Å²) in [5, 5.41) is 3.38. The molecule has 15 heavy (non-hydrogen) atoms. The van der Waals surface area contributed by atoms with E-state index in [9.17, 15) is 0 Å². The maximum absolute atomic E-state index is 5.25. The number of hydrogen-bond acceptors (Lipinski definition) is 3.